The molecule has 4 nitrogen and oxygen atoms in total. The van der Waals surface area contributed by atoms with Gasteiger partial charge in [0.25, 0.3) is 0 Å². The molecule has 0 heterocycles. The van der Waals surface area contributed by atoms with Crippen LogP contribution in [0.2, 0.25) is 0 Å². The molecular formula is C16H22O4. The number of carboxylic acid groups (broad SMARTS) is 1. The summed E-state index contributed by atoms with van der Waals surface area (Å²) in [5.74, 6) is 0.374. The predicted octanol–water partition coefficient (Wildman–Crippen LogP) is 3.36. The second-order valence-electron chi connectivity index (χ2n) is 4.97. The monoisotopic (exact) mass is 278 g/mol. The van der Waals surface area contributed by atoms with Gasteiger partial charge in [0.05, 0.1) is 13.7 Å². The Kier molecular flexibility index (Phi) is 6.81. The molecule has 0 aliphatic rings. The first-order valence-electron chi connectivity index (χ1n) is 6.68. The van der Waals surface area contributed by atoms with Gasteiger partial charge in [0.1, 0.15) is 5.75 Å². The van der Waals surface area contributed by atoms with Crippen LogP contribution in [0.4, 0.5) is 0 Å². The van der Waals surface area contributed by atoms with Gasteiger partial charge in [-0.1, -0.05) is 19.9 Å². The van der Waals surface area contributed by atoms with E-state index in [1.54, 1.807) is 19.3 Å². The summed E-state index contributed by atoms with van der Waals surface area (Å²) in [6.45, 7) is 5.44. The number of ether oxygens (including phenoxy) is 2. The van der Waals surface area contributed by atoms with E-state index in [1.165, 1.54) is 0 Å². The minimum Gasteiger partial charge on any atom is -0.497 e. The number of hydrogen-bond acceptors (Lipinski definition) is 3. The van der Waals surface area contributed by atoms with Crippen molar-refractivity contribution >= 4 is 12.0 Å². The highest BCUT2D eigenvalue weighted by molar-refractivity contribution is 5.85. The summed E-state index contributed by atoms with van der Waals surface area (Å²) in [5.41, 5.74) is 1.75. The van der Waals surface area contributed by atoms with Crippen molar-refractivity contribution in [2.24, 2.45) is 5.92 Å². The summed E-state index contributed by atoms with van der Waals surface area (Å²) in [7, 11) is 1.60. The smallest absolute Gasteiger partial charge is 0.328 e. The lowest BCUT2D eigenvalue weighted by atomic mass is 10.1. The van der Waals surface area contributed by atoms with Gasteiger partial charge in [0, 0.05) is 12.7 Å². The zero-order valence-electron chi connectivity index (χ0n) is 12.3. The zero-order chi connectivity index (χ0) is 15.0. The van der Waals surface area contributed by atoms with E-state index in [1.807, 2.05) is 12.1 Å². The van der Waals surface area contributed by atoms with Crippen molar-refractivity contribution in [2.75, 3.05) is 13.7 Å². The Hall–Kier alpha value is -1.81. The van der Waals surface area contributed by atoms with Gasteiger partial charge in [-0.25, -0.2) is 4.79 Å². The van der Waals surface area contributed by atoms with Crippen LogP contribution in [0.1, 0.15) is 31.4 Å². The number of carboxylic acids is 1. The average Bonchev–Trinajstić information content (AvgIpc) is 2.41. The third kappa shape index (κ3) is 5.89. The fraction of sp³-hybridized carbons (Fsp3) is 0.438. The lowest BCUT2D eigenvalue weighted by Gasteiger charge is -2.10. The van der Waals surface area contributed by atoms with E-state index in [0.29, 0.717) is 19.1 Å². The Morgan fingerprint density at radius 3 is 2.75 bits per heavy atom. The Labute approximate surface area is 120 Å². The molecular weight excluding hydrogens is 256 g/mol. The highest BCUT2D eigenvalue weighted by Crippen LogP contribution is 2.20. The molecule has 0 atom stereocenters. The molecule has 1 aromatic rings. The second kappa shape index (κ2) is 8.38. The molecule has 20 heavy (non-hydrogen) atoms. The van der Waals surface area contributed by atoms with Gasteiger partial charge in [-0.2, -0.15) is 0 Å². The zero-order valence-corrected chi connectivity index (χ0v) is 12.3. The van der Waals surface area contributed by atoms with Crippen LogP contribution in [-0.4, -0.2) is 24.8 Å². The summed E-state index contributed by atoms with van der Waals surface area (Å²) in [4.78, 5) is 10.6. The first-order valence-corrected chi connectivity index (χ1v) is 6.68. The Bertz CT molecular complexity index is 464. The number of hydrogen-bond donors (Lipinski definition) is 1. The summed E-state index contributed by atoms with van der Waals surface area (Å²) >= 11 is 0. The van der Waals surface area contributed by atoms with Crippen LogP contribution in [0, 0.1) is 5.92 Å². The van der Waals surface area contributed by atoms with Crippen LogP contribution in [0.3, 0.4) is 0 Å². The SMILES string of the molecule is COc1ccc(C=CC(=O)O)c(COCCC(C)C)c1. The average molecular weight is 278 g/mol. The quantitative estimate of drug-likeness (QED) is 0.585. The summed E-state index contributed by atoms with van der Waals surface area (Å²) in [6, 6.07) is 5.51. The van der Waals surface area contributed by atoms with Crippen molar-refractivity contribution in [2.45, 2.75) is 26.9 Å². The molecule has 0 bridgehead atoms. The molecule has 110 valence electrons. The van der Waals surface area contributed by atoms with E-state index in [9.17, 15) is 4.79 Å². The Balaban J connectivity index is 2.75. The molecule has 0 saturated carbocycles. The number of rotatable bonds is 8. The fourth-order valence-electron chi connectivity index (χ4n) is 1.66. The van der Waals surface area contributed by atoms with Crippen molar-refractivity contribution in [3.05, 3.63) is 35.4 Å². The number of carbonyl (C=O) groups is 1. The molecule has 1 rings (SSSR count). The minimum absolute atomic E-state index is 0.448. The van der Waals surface area contributed by atoms with Gasteiger partial charge in [-0.15, -0.1) is 0 Å². The van der Waals surface area contributed by atoms with E-state index in [2.05, 4.69) is 13.8 Å². The van der Waals surface area contributed by atoms with Crippen molar-refractivity contribution < 1.29 is 19.4 Å². The maximum Gasteiger partial charge on any atom is 0.328 e. The van der Waals surface area contributed by atoms with Crippen LogP contribution in [-0.2, 0) is 16.1 Å². The minimum atomic E-state index is -0.965. The van der Waals surface area contributed by atoms with Crippen molar-refractivity contribution in [3.8, 4) is 5.75 Å². The molecule has 0 spiro atoms. The molecule has 0 aromatic heterocycles. The van der Waals surface area contributed by atoms with Crippen molar-refractivity contribution in [3.63, 3.8) is 0 Å². The van der Waals surface area contributed by atoms with E-state index in [-0.39, 0.29) is 0 Å². The summed E-state index contributed by atoms with van der Waals surface area (Å²) in [5, 5.41) is 8.70. The van der Waals surface area contributed by atoms with Gasteiger partial charge in [-0.05, 0) is 41.7 Å². The van der Waals surface area contributed by atoms with Gasteiger partial charge >= 0.3 is 5.97 Å². The molecule has 0 aliphatic carbocycles. The lowest BCUT2D eigenvalue weighted by Crippen LogP contribution is -2.01. The third-order valence-corrected chi connectivity index (χ3v) is 2.85. The number of benzene rings is 1. The number of methoxy groups -OCH3 is 1. The topological polar surface area (TPSA) is 55.8 Å². The highest BCUT2D eigenvalue weighted by atomic mass is 16.5. The number of aliphatic carboxylic acids is 1. The van der Waals surface area contributed by atoms with Crippen molar-refractivity contribution in [1.82, 2.24) is 0 Å². The normalized spacial score (nSPS) is 11.2. The van der Waals surface area contributed by atoms with E-state index >= 15 is 0 Å². The van der Waals surface area contributed by atoms with E-state index < -0.39 is 5.97 Å². The lowest BCUT2D eigenvalue weighted by molar-refractivity contribution is -0.131. The molecule has 4 heteroatoms. The van der Waals surface area contributed by atoms with Crippen LogP contribution < -0.4 is 4.74 Å². The Morgan fingerprint density at radius 2 is 2.15 bits per heavy atom. The summed E-state index contributed by atoms with van der Waals surface area (Å²) < 4.78 is 10.8. The predicted molar refractivity (Wildman–Crippen MR) is 78.8 cm³/mol. The van der Waals surface area contributed by atoms with Gasteiger partial charge in [0.2, 0.25) is 0 Å². The first kappa shape index (κ1) is 16.2. The molecule has 1 aromatic carbocycles. The van der Waals surface area contributed by atoms with Gasteiger partial charge < -0.3 is 14.6 Å². The molecule has 0 radical (unpaired) electrons. The summed E-state index contributed by atoms with van der Waals surface area (Å²) in [6.07, 6.45) is 3.70. The third-order valence-electron chi connectivity index (χ3n) is 2.85. The molecule has 0 aliphatic heterocycles. The van der Waals surface area contributed by atoms with Crippen LogP contribution >= 0.6 is 0 Å². The molecule has 0 unspecified atom stereocenters. The largest absolute Gasteiger partial charge is 0.497 e. The molecule has 0 amide bonds. The van der Waals surface area contributed by atoms with Crippen molar-refractivity contribution in [1.29, 1.82) is 0 Å². The van der Waals surface area contributed by atoms with Crippen LogP contribution in [0.5, 0.6) is 5.75 Å². The standard InChI is InChI=1S/C16H22O4/c1-12(2)8-9-20-11-14-10-15(19-3)6-4-13(14)5-7-16(17)18/h4-7,10,12H,8-9,11H2,1-3H3,(H,17,18). The van der Waals surface area contributed by atoms with Crippen LogP contribution in [0.25, 0.3) is 6.08 Å². The second-order valence-corrected chi connectivity index (χ2v) is 4.97. The first-order chi connectivity index (χ1) is 9.52. The maximum absolute atomic E-state index is 10.6. The molecule has 0 saturated heterocycles. The highest BCUT2D eigenvalue weighted by Gasteiger charge is 2.04. The van der Waals surface area contributed by atoms with Crippen LogP contribution in [0.15, 0.2) is 24.3 Å². The maximum atomic E-state index is 10.6. The Morgan fingerprint density at radius 1 is 1.40 bits per heavy atom. The van der Waals surface area contributed by atoms with E-state index in [4.69, 9.17) is 14.6 Å². The molecule has 0 fully saturated rings. The van der Waals surface area contributed by atoms with Gasteiger partial charge in [0.15, 0.2) is 0 Å². The van der Waals surface area contributed by atoms with E-state index in [0.717, 1.165) is 29.4 Å². The fourth-order valence-corrected chi connectivity index (χ4v) is 1.66. The van der Waals surface area contributed by atoms with Gasteiger partial charge in [-0.3, -0.25) is 0 Å². The molecule has 1 N–H and O–H groups in total.